The molecule has 0 spiro atoms. The molecule has 1 aliphatic heterocycles. The number of carboxylic acids is 1. The molecule has 1 atom stereocenters. The highest BCUT2D eigenvalue weighted by atomic mass is 19.4. The highest BCUT2D eigenvalue weighted by Crippen LogP contribution is 2.47. The molecule has 0 bridgehead atoms. The van der Waals surface area contributed by atoms with Crippen LogP contribution in [0, 0.1) is 19.3 Å². The normalized spacial score (nSPS) is 16.1. The zero-order chi connectivity index (χ0) is 36.0. The van der Waals surface area contributed by atoms with Gasteiger partial charge in [-0.1, -0.05) is 25.0 Å². The summed E-state index contributed by atoms with van der Waals surface area (Å²) in [6, 6.07) is 1.65. The molecule has 0 aliphatic carbocycles. The number of hydrogen-bond acceptors (Lipinski definition) is 6. The van der Waals surface area contributed by atoms with Gasteiger partial charge in [0.2, 0.25) is 0 Å². The van der Waals surface area contributed by atoms with Crippen molar-refractivity contribution in [1.82, 2.24) is 20.2 Å². The zero-order valence-corrected chi connectivity index (χ0v) is 26.8. The van der Waals surface area contributed by atoms with Gasteiger partial charge in [0.05, 0.1) is 36.2 Å². The van der Waals surface area contributed by atoms with Gasteiger partial charge in [0.15, 0.2) is 0 Å². The molecule has 48 heavy (non-hydrogen) atoms. The molecule has 4 rings (SSSR count). The fourth-order valence-electron chi connectivity index (χ4n) is 6.36. The van der Waals surface area contributed by atoms with E-state index in [1.54, 1.807) is 18.7 Å². The summed E-state index contributed by atoms with van der Waals surface area (Å²) < 4.78 is 126. The predicted molar refractivity (Wildman–Crippen MR) is 157 cm³/mol. The Kier molecular flexibility index (Phi) is 10.0. The van der Waals surface area contributed by atoms with E-state index in [4.69, 9.17) is 0 Å². The standard InChI is InChI=1S/C31H35F9N6O2/c1-17-11-22-23(7-6-9-45(10-8-28(3,4)15-24(47)48)26(22)18(2)25(17)31(38,39)40)46(27-41-43-44(5)42-27)16-19-12-20(29(32,33)34)14-21(13-19)30(35,36)37/h11-14,23H,6-10,15-16H2,1-5H3,(H,47,48). The first-order valence-corrected chi connectivity index (χ1v) is 14.9. The lowest BCUT2D eigenvalue weighted by Gasteiger charge is -2.35. The lowest BCUT2D eigenvalue weighted by Crippen LogP contribution is -2.32. The van der Waals surface area contributed by atoms with Crippen LogP contribution in [-0.4, -0.2) is 44.4 Å². The second-order valence-corrected chi connectivity index (χ2v) is 12.9. The smallest absolute Gasteiger partial charge is 0.416 e. The number of benzene rings is 2. The number of anilines is 2. The van der Waals surface area contributed by atoms with Gasteiger partial charge in [0.25, 0.3) is 5.95 Å². The highest BCUT2D eigenvalue weighted by Gasteiger charge is 2.41. The minimum absolute atomic E-state index is 0.0183. The number of carboxylic acid groups (broad SMARTS) is 1. The van der Waals surface area contributed by atoms with E-state index >= 15 is 0 Å². The maximum absolute atomic E-state index is 14.4. The van der Waals surface area contributed by atoms with Crippen molar-refractivity contribution in [1.29, 1.82) is 0 Å². The SMILES string of the molecule is Cc1cc2c(c(C)c1C(F)(F)F)N(CCC(C)(C)CC(=O)O)CCCC2N(Cc1cc(C(F)(F)F)cc(C(F)(F)F)c1)c1nnn(C)n1. The Hall–Kier alpha value is -4.05. The van der Waals surface area contributed by atoms with E-state index in [9.17, 15) is 49.4 Å². The van der Waals surface area contributed by atoms with Gasteiger partial charge in [-0.3, -0.25) is 4.79 Å². The molecule has 1 aromatic heterocycles. The monoisotopic (exact) mass is 694 g/mol. The quantitative estimate of drug-likeness (QED) is 0.227. The Morgan fingerprint density at radius 2 is 1.56 bits per heavy atom. The summed E-state index contributed by atoms with van der Waals surface area (Å²) in [5.41, 5.74) is -4.66. The van der Waals surface area contributed by atoms with Crippen LogP contribution in [0.4, 0.5) is 51.1 Å². The third kappa shape index (κ3) is 8.32. The number of rotatable bonds is 9. The van der Waals surface area contributed by atoms with E-state index in [0.717, 1.165) is 4.80 Å². The van der Waals surface area contributed by atoms with Crippen LogP contribution in [-0.2, 0) is 36.9 Å². The number of tetrazole rings is 1. The van der Waals surface area contributed by atoms with E-state index in [0.29, 0.717) is 30.5 Å². The van der Waals surface area contributed by atoms with Crippen molar-refractivity contribution in [2.24, 2.45) is 12.5 Å². The number of nitrogens with zero attached hydrogens (tertiary/aromatic N) is 6. The average molecular weight is 695 g/mol. The third-order valence-electron chi connectivity index (χ3n) is 8.45. The molecule has 0 saturated heterocycles. The van der Waals surface area contributed by atoms with Crippen molar-refractivity contribution >= 4 is 17.6 Å². The van der Waals surface area contributed by atoms with Crippen LogP contribution in [0.5, 0.6) is 0 Å². The molecular weight excluding hydrogens is 659 g/mol. The number of hydrogen-bond donors (Lipinski definition) is 1. The minimum Gasteiger partial charge on any atom is -0.481 e. The summed E-state index contributed by atoms with van der Waals surface area (Å²) in [6.07, 6.45) is -14.2. The summed E-state index contributed by atoms with van der Waals surface area (Å²) in [5.74, 6) is -1.18. The molecule has 1 unspecified atom stereocenters. The van der Waals surface area contributed by atoms with Gasteiger partial charge in [-0.05, 0) is 84.2 Å². The molecule has 0 fully saturated rings. The molecule has 2 heterocycles. The maximum Gasteiger partial charge on any atom is 0.416 e. The molecule has 17 heteroatoms. The Balaban J connectivity index is 1.91. The van der Waals surface area contributed by atoms with Gasteiger partial charge >= 0.3 is 24.5 Å². The van der Waals surface area contributed by atoms with Crippen molar-refractivity contribution in [2.75, 3.05) is 22.9 Å². The average Bonchev–Trinajstić information content (AvgIpc) is 3.26. The van der Waals surface area contributed by atoms with Crippen LogP contribution in [0.15, 0.2) is 24.3 Å². The molecule has 3 aromatic rings. The first-order chi connectivity index (χ1) is 22.0. The molecule has 0 radical (unpaired) electrons. The third-order valence-corrected chi connectivity index (χ3v) is 8.45. The second kappa shape index (κ2) is 13.1. The molecule has 8 nitrogen and oxygen atoms in total. The van der Waals surface area contributed by atoms with Crippen molar-refractivity contribution in [3.05, 3.63) is 63.2 Å². The predicted octanol–water partition coefficient (Wildman–Crippen LogP) is 8.12. The second-order valence-electron chi connectivity index (χ2n) is 12.9. The van der Waals surface area contributed by atoms with E-state index in [-0.39, 0.29) is 60.3 Å². The fraction of sp³-hybridized carbons (Fsp3) is 0.548. The van der Waals surface area contributed by atoms with Gasteiger partial charge in [-0.15, -0.1) is 5.10 Å². The highest BCUT2D eigenvalue weighted by molar-refractivity contribution is 5.68. The van der Waals surface area contributed by atoms with Crippen LogP contribution in [0.3, 0.4) is 0 Å². The van der Waals surface area contributed by atoms with E-state index in [2.05, 4.69) is 15.4 Å². The van der Waals surface area contributed by atoms with Crippen LogP contribution in [0.1, 0.15) is 84.5 Å². The molecule has 264 valence electrons. The summed E-state index contributed by atoms with van der Waals surface area (Å²) in [7, 11) is 1.41. The Bertz CT molecular complexity index is 1610. The number of fused-ring (bicyclic) bond motifs is 1. The molecule has 2 aromatic carbocycles. The fourth-order valence-corrected chi connectivity index (χ4v) is 6.36. The number of alkyl halides is 9. The van der Waals surface area contributed by atoms with Crippen molar-refractivity contribution < 1.29 is 49.4 Å². The summed E-state index contributed by atoms with van der Waals surface area (Å²) in [5, 5.41) is 21.3. The van der Waals surface area contributed by atoms with Crippen molar-refractivity contribution in [3.8, 4) is 0 Å². The summed E-state index contributed by atoms with van der Waals surface area (Å²) in [4.78, 5) is 15.6. The van der Waals surface area contributed by atoms with Crippen LogP contribution < -0.4 is 9.80 Å². The van der Waals surface area contributed by atoms with Gasteiger partial charge in [-0.25, -0.2) is 0 Å². The molecule has 1 aliphatic rings. The number of aliphatic carboxylic acids is 1. The minimum atomic E-state index is -5.10. The van der Waals surface area contributed by atoms with Crippen molar-refractivity contribution in [2.45, 2.75) is 84.5 Å². The van der Waals surface area contributed by atoms with Gasteiger partial charge in [-0.2, -0.15) is 44.3 Å². The first kappa shape index (κ1) is 36.8. The topological polar surface area (TPSA) is 87.4 Å². The first-order valence-electron chi connectivity index (χ1n) is 14.9. The lowest BCUT2D eigenvalue weighted by atomic mass is 9.85. The van der Waals surface area contributed by atoms with Crippen LogP contribution in [0.25, 0.3) is 0 Å². The van der Waals surface area contributed by atoms with Gasteiger partial charge in [0, 0.05) is 25.3 Å². The van der Waals surface area contributed by atoms with Gasteiger partial charge < -0.3 is 14.9 Å². The van der Waals surface area contributed by atoms with Gasteiger partial charge in [0.1, 0.15) is 0 Å². The molecule has 0 amide bonds. The van der Waals surface area contributed by atoms with Crippen molar-refractivity contribution in [3.63, 3.8) is 0 Å². The van der Waals surface area contributed by atoms with Crippen LogP contribution >= 0.6 is 0 Å². The molecule has 1 N–H and O–H groups in total. The Morgan fingerprint density at radius 1 is 0.958 bits per heavy atom. The number of aromatic nitrogens is 4. The summed E-state index contributed by atoms with van der Waals surface area (Å²) >= 11 is 0. The van der Waals surface area contributed by atoms with E-state index < -0.39 is 59.2 Å². The lowest BCUT2D eigenvalue weighted by molar-refractivity contribution is -0.143. The largest absolute Gasteiger partial charge is 0.481 e. The Labute approximate surface area is 270 Å². The summed E-state index contributed by atoms with van der Waals surface area (Å²) in [6.45, 7) is 5.94. The molecule has 0 saturated carbocycles. The number of halogens is 9. The Morgan fingerprint density at radius 3 is 2.06 bits per heavy atom. The molecular formula is C31H35F9N6O2. The van der Waals surface area contributed by atoms with Crippen LogP contribution in [0.2, 0.25) is 0 Å². The van der Waals surface area contributed by atoms with E-state index in [1.807, 2.05) is 0 Å². The van der Waals surface area contributed by atoms with E-state index in [1.165, 1.54) is 31.9 Å². The number of aryl methyl sites for hydroxylation is 2. The zero-order valence-electron chi connectivity index (χ0n) is 26.8. The number of carbonyl (C=O) groups is 1. The maximum atomic E-state index is 14.4.